The van der Waals surface area contributed by atoms with E-state index < -0.39 is 0 Å². The van der Waals surface area contributed by atoms with Gasteiger partial charge in [-0.1, -0.05) is 35.0 Å². The fourth-order valence-electron chi connectivity index (χ4n) is 2.28. The van der Waals surface area contributed by atoms with E-state index in [0.717, 1.165) is 5.56 Å². The number of hydrogen-bond acceptors (Lipinski definition) is 6. The molecule has 0 bridgehead atoms. The van der Waals surface area contributed by atoms with Crippen molar-refractivity contribution in [2.75, 3.05) is 10.6 Å². The third-order valence-corrected chi connectivity index (χ3v) is 3.53. The van der Waals surface area contributed by atoms with Crippen molar-refractivity contribution in [3.05, 3.63) is 64.8 Å². The molecule has 0 unspecified atom stereocenters. The Kier molecular flexibility index (Phi) is 4.74. The Bertz CT molecular complexity index is 887. The smallest absolute Gasteiger partial charge is 0.275 e. The van der Waals surface area contributed by atoms with Crippen molar-refractivity contribution in [2.45, 2.75) is 27.3 Å². The van der Waals surface area contributed by atoms with E-state index in [2.05, 4.69) is 50.0 Å². The van der Waals surface area contributed by atoms with Gasteiger partial charge in [-0.3, -0.25) is 4.79 Å². The summed E-state index contributed by atoms with van der Waals surface area (Å²) in [6.07, 6.45) is 0. The number of aromatic nitrogens is 3. The van der Waals surface area contributed by atoms with E-state index in [0.29, 0.717) is 29.8 Å². The van der Waals surface area contributed by atoms with E-state index in [4.69, 9.17) is 4.52 Å². The molecule has 7 nitrogen and oxygen atoms in total. The minimum atomic E-state index is -0.364. The van der Waals surface area contributed by atoms with Crippen LogP contribution in [0.4, 0.5) is 11.6 Å². The van der Waals surface area contributed by atoms with Gasteiger partial charge in [0.15, 0.2) is 5.82 Å². The Morgan fingerprint density at radius 2 is 1.80 bits per heavy atom. The fourth-order valence-corrected chi connectivity index (χ4v) is 2.28. The van der Waals surface area contributed by atoms with E-state index in [-0.39, 0.29) is 11.6 Å². The maximum atomic E-state index is 12.3. The van der Waals surface area contributed by atoms with Crippen LogP contribution in [0.15, 0.2) is 40.9 Å². The quantitative estimate of drug-likeness (QED) is 0.742. The number of hydrogen-bond donors (Lipinski definition) is 2. The van der Waals surface area contributed by atoms with Crippen molar-refractivity contribution in [3.8, 4) is 0 Å². The van der Waals surface area contributed by atoms with Crippen LogP contribution < -0.4 is 10.6 Å². The molecule has 0 radical (unpaired) electrons. The van der Waals surface area contributed by atoms with Gasteiger partial charge >= 0.3 is 0 Å². The topological polar surface area (TPSA) is 92.9 Å². The van der Waals surface area contributed by atoms with Gasteiger partial charge in [0, 0.05) is 18.7 Å². The van der Waals surface area contributed by atoms with Crippen molar-refractivity contribution in [1.29, 1.82) is 0 Å². The number of benzene rings is 1. The molecule has 0 aliphatic heterocycles. The predicted molar refractivity (Wildman–Crippen MR) is 94.5 cm³/mol. The number of carbonyl (C=O) groups excluding carboxylic acids is 1. The number of rotatable bonds is 5. The van der Waals surface area contributed by atoms with E-state index >= 15 is 0 Å². The number of amides is 1. The molecule has 128 valence electrons. The Morgan fingerprint density at radius 3 is 2.48 bits per heavy atom. The number of nitrogens with one attached hydrogen (secondary N) is 2. The molecule has 0 saturated heterocycles. The van der Waals surface area contributed by atoms with E-state index in [1.165, 1.54) is 5.56 Å². The zero-order chi connectivity index (χ0) is 17.8. The summed E-state index contributed by atoms with van der Waals surface area (Å²) in [5, 5.41) is 9.61. The summed E-state index contributed by atoms with van der Waals surface area (Å²) in [5.74, 6) is 1.71. The molecular weight excluding hydrogens is 318 g/mol. The summed E-state index contributed by atoms with van der Waals surface area (Å²) in [7, 11) is 0. The van der Waals surface area contributed by atoms with Gasteiger partial charge in [0.25, 0.3) is 5.91 Å². The minimum absolute atomic E-state index is 0.263. The second kappa shape index (κ2) is 7.12. The molecule has 25 heavy (non-hydrogen) atoms. The average Bonchev–Trinajstić information content (AvgIpc) is 2.99. The Labute approximate surface area is 145 Å². The van der Waals surface area contributed by atoms with Crippen molar-refractivity contribution < 1.29 is 9.32 Å². The molecule has 3 rings (SSSR count). The van der Waals surface area contributed by atoms with Crippen molar-refractivity contribution in [3.63, 3.8) is 0 Å². The van der Waals surface area contributed by atoms with Gasteiger partial charge in [-0.15, -0.1) is 0 Å². The highest BCUT2D eigenvalue weighted by molar-refractivity contribution is 6.02. The van der Waals surface area contributed by atoms with E-state index in [1.54, 1.807) is 26.0 Å². The monoisotopic (exact) mass is 337 g/mol. The molecule has 0 aliphatic carbocycles. The number of aryl methyl sites for hydroxylation is 3. The number of anilines is 2. The molecule has 0 atom stereocenters. The molecular formula is C18H19N5O2. The largest absolute Gasteiger partial charge is 0.366 e. The molecule has 0 aliphatic rings. The van der Waals surface area contributed by atoms with Gasteiger partial charge in [0.1, 0.15) is 23.1 Å². The first kappa shape index (κ1) is 16.6. The first-order valence-corrected chi connectivity index (χ1v) is 7.89. The predicted octanol–water partition coefficient (Wildman–Crippen LogP) is 3.25. The molecule has 2 aromatic heterocycles. The first-order chi connectivity index (χ1) is 12.0. The van der Waals surface area contributed by atoms with Gasteiger partial charge in [-0.05, 0) is 26.3 Å². The normalized spacial score (nSPS) is 10.5. The minimum Gasteiger partial charge on any atom is -0.366 e. The summed E-state index contributed by atoms with van der Waals surface area (Å²) in [6.45, 7) is 6.16. The standard InChI is InChI=1S/C18H19N5O2/c1-11-4-6-14(7-5-11)10-19-16-9-15(20-13(3)21-16)18(24)22-17-8-12(2)25-23-17/h4-9H,10H2,1-3H3,(H,19,20,21)(H,22,23,24). The average molecular weight is 337 g/mol. The molecule has 0 spiro atoms. The Morgan fingerprint density at radius 1 is 1.04 bits per heavy atom. The first-order valence-electron chi connectivity index (χ1n) is 7.89. The lowest BCUT2D eigenvalue weighted by atomic mass is 10.1. The third-order valence-electron chi connectivity index (χ3n) is 3.53. The summed E-state index contributed by atoms with van der Waals surface area (Å²) in [4.78, 5) is 20.8. The SMILES string of the molecule is Cc1ccc(CNc2cc(C(=O)Nc3cc(C)on3)nc(C)n2)cc1. The second-order valence-corrected chi connectivity index (χ2v) is 5.80. The molecule has 7 heteroatoms. The van der Waals surface area contributed by atoms with Crippen LogP contribution in [0.25, 0.3) is 0 Å². The van der Waals surface area contributed by atoms with Gasteiger partial charge in [-0.2, -0.15) is 0 Å². The summed E-state index contributed by atoms with van der Waals surface area (Å²) >= 11 is 0. The summed E-state index contributed by atoms with van der Waals surface area (Å²) in [5.41, 5.74) is 2.61. The van der Waals surface area contributed by atoms with Gasteiger partial charge < -0.3 is 15.2 Å². The highest BCUT2D eigenvalue weighted by Gasteiger charge is 2.13. The molecule has 1 aromatic carbocycles. The van der Waals surface area contributed by atoms with Crippen LogP contribution in [0.1, 0.15) is 33.2 Å². The second-order valence-electron chi connectivity index (χ2n) is 5.80. The number of nitrogens with zero attached hydrogens (tertiary/aromatic N) is 3. The van der Waals surface area contributed by atoms with Gasteiger partial charge in [-0.25, -0.2) is 9.97 Å². The van der Waals surface area contributed by atoms with Crippen LogP contribution in [0, 0.1) is 20.8 Å². The highest BCUT2D eigenvalue weighted by Crippen LogP contribution is 2.13. The van der Waals surface area contributed by atoms with Gasteiger partial charge in [0.05, 0.1) is 0 Å². The Balaban J connectivity index is 1.71. The highest BCUT2D eigenvalue weighted by atomic mass is 16.5. The molecule has 3 aromatic rings. The van der Waals surface area contributed by atoms with E-state index in [1.807, 2.05) is 6.92 Å². The van der Waals surface area contributed by atoms with Crippen LogP contribution in [0.5, 0.6) is 0 Å². The lowest BCUT2D eigenvalue weighted by molar-refractivity contribution is 0.102. The molecule has 1 amide bonds. The van der Waals surface area contributed by atoms with Crippen molar-refractivity contribution >= 4 is 17.5 Å². The summed E-state index contributed by atoms with van der Waals surface area (Å²) in [6, 6.07) is 11.5. The molecule has 2 heterocycles. The maximum absolute atomic E-state index is 12.3. The van der Waals surface area contributed by atoms with Crippen LogP contribution in [0.3, 0.4) is 0 Å². The van der Waals surface area contributed by atoms with E-state index in [9.17, 15) is 4.79 Å². The molecule has 0 saturated carbocycles. The third kappa shape index (κ3) is 4.41. The molecule has 2 N–H and O–H groups in total. The Hall–Kier alpha value is -3.22. The zero-order valence-electron chi connectivity index (χ0n) is 14.3. The fraction of sp³-hybridized carbons (Fsp3) is 0.222. The van der Waals surface area contributed by atoms with Crippen LogP contribution in [0.2, 0.25) is 0 Å². The number of carbonyl (C=O) groups is 1. The molecule has 0 fully saturated rings. The zero-order valence-corrected chi connectivity index (χ0v) is 14.3. The van der Waals surface area contributed by atoms with Crippen molar-refractivity contribution in [2.24, 2.45) is 0 Å². The lowest BCUT2D eigenvalue weighted by Crippen LogP contribution is -2.16. The van der Waals surface area contributed by atoms with Gasteiger partial charge in [0.2, 0.25) is 0 Å². The summed E-state index contributed by atoms with van der Waals surface area (Å²) < 4.78 is 4.93. The van der Waals surface area contributed by atoms with Crippen LogP contribution in [-0.2, 0) is 6.54 Å². The lowest BCUT2D eigenvalue weighted by Gasteiger charge is -2.09. The van der Waals surface area contributed by atoms with Crippen LogP contribution in [-0.4, -0.2) is 21.0 Å². The van der Waals surface area contributed by atoms with Crippen molar-refractivity contribution in [1.82, 2.24) is 15.1 Å². The maximum Gasteiger partial charge on any atom is 0.275 e. The van der Waals surface area contributed by atoms with Crippen LogP contribution >= 0.6 is 0 Å².